The highest BCUT2D eigenvalue weighted by Gasteiger charge is 2.29. The fourth-order valence-electron chi connectivity index (χ4n) is 2.17. The predicted octanol–water partition coefficient (Wildman–Crippen LogP) is 3.88. The zero-order valence-corrected chi connectivity index (χ0v) is 10.5. The van der Waals surface area contributed by atoms with E-state index in [0.717, 1.165) is 6.42 Å². The Balaban J connectivity index is 0.000000220. The maximum atomic E-state index is 5.79. The van der Waals surface area contributed by atoms with Crippen molar-refractivity contribution in [1.82, 2.24) is 0 Å². The zero-order valence-electron chi connectivity index (χ0n) is 10.5. The number of hydrogen-bond donors (Lipinski definition) is 1. The number of fused-ring (bicyclic) bond motifs is 1. The van der Waals surface area contributed by atoms with Crippen molar-refractivity contribution in [2.45, 2.75) is 6.42 Å². The summed E-state index contributed by atoms with van der Waals surface area (Å²) in [7, 11) is 0. The van der Waals surface area contributed by atoms with Gasteiger partial charge in [0.2, 0.25) is 0 Å². The first-order chi connectivity index (χ1) is 8.87. The van der Waals surface area contributed by atoms with Crippen molar-refractivity contribution < 1.29 is 1.43 Å². The van der Waals surface area contributed by atoms with Crippen LogP contribution in [-0.4, -0.2) is 6.54 Å². The van der Waals surface area contributed by atoms with Crippen LogP contribution in [0.15, 0.2) is 84.5 Å². The maximum absolute atomic E-state index is 5.79. The molecule has 3 rings (SSSR count). The van der Waals surface area contributed by atoms with Crippen LogP contribution in [0, 0.1) is 5.41 Å². The maximum Gasteiger partial charge on any atom is 0.0292 e. The molecule has 1 unspecified atom stereocenters. The molecule has 94 valence electrons. The van der Waals surface area contributed by atoms with E-state index in [1.54, 1.807) is 0 Å². The van der Waals surface area contributed by atoms with Gasteiger partial charge in [0, 0.05) is 13.4 Å². The Bertz CT molecular complexity index is 459. The lowest BCUT2D eigenvalue weighted by Gasteiger charge is -2.33. The average Bonchev–Trinajstić information content (AvgIpc) is 2.49. The third-order valence-electron chi connectivity index (χ3n) is 3.30. The van der Waals surface area contributed by atoms with E-state index in [0.29, 0.717) is 6.54 Å². The van der Waals surface area contributed by atoms with Crippen LogP contribution in [0.2, 0.25) is 0 Å². The lowest BCUT2D eigenvalue weighted by molar-refractivity contribution is 0.482. The number of benzene rings is 1. The van der Waals surface area contributed by atoms with Crippen LogP contribution in [0.4, 0.5) is 0 Å². The first-order valence-electron chi connectivity index (χ1n) is 6.31. The summed E-state index contributed by atoms with van der Waals surface area (Å²) in [6.45, 7) is 0.698. The van der Waals surface area contributed by atoms with Gasteiger partial charge in [0.05, 0.1) is 0 Å². The summed E-state index contributed by atoms with van der Waals surface area (Å²) in [5.74, 6) is 0. The van der Waals surface area contributed by atoms with Gasteiger partial charge in [-0.2, -0.15) is 0 Å². The molecule has 1 aromatic rings. The highest BCUT2D eigenvalue weighted by atomic mass is 14.6. The number of rotatable bonds is 1. The normalized spacial score (nSPS) is 23.7. The first kappa shape index (κ1) is 12.6. The molecule has 2 aliphatic rings. The molecule has 1 heteroatoms. The molecule has 2 aliphatic carbocycles. The van der Waals surface area contributed by atoms with Gasteiger partial charge in [0.25, 0.3) is 0 Å². The van der Waals surface area contributed by atoms with E-state index in [1.807, 2.05) is 36.4 Å². The van der Waals surface area contributed by atoms with Crippen LogP contribution < -0.4 is 5.73 Å². The van der Waals surface area contributed by atoms with Crippen molar-refractivity contribution in [3.8, 4) is 0 Å². The van der Waals surface area contributed by atoms with Gasteiger partial charge in [-0.05, 0) is 12.0 Å². The van der Waals surface area contributed by atoms with Gasteiger partial charge in [0.1, 0.15) is 0 Å². The minimum Gasteiger partial charge on any atom is -0.329 e. The van der Waals surface area contributed by atoms with Crippen molar-refractivity contribution in [2.24, 2.45) is 11.1 Å². The summed E-state index contributed by atoms with van der Waals surface area (Å²) in [4.78, 5) is 0. The van der Waals surface area contributed by atoms with Crippen molar-refractivity contribution in [3.05, 3.63) is 84.5 Å². The number of hydrogen-bond acceptors (Lipinski definition) is 1. The second kappa shape index (κ2) is 6.18. The lowest BCUT2D eigenvalue weighted by atomic mass is 9.72. The molecule has 0 spiro atoms. The summed E-state index contributed by atoms with van der Waals surface area (Å²) < 4.78 is 0. The van der Waals surface area contributed by atoms with E-state index in [2.05, 4.69) is 42.5 Å². The number of allylic oxidation sites excluding steroid dienone is 6. The van der Waals surface area contributed by atoms with E-state index < -0.39 is 0 Å². The van der Waals surface area contributed by atoms with Crippen LogP contribution >= 0.6 is 0 Å². The zero-order chi connectivity index (χ0) is 12.7. The van der Waals surface area contributed by atoms with Gasteiger partial charge in [-0.1, -0.05) is 78.9 Å². The Morgan fingerprint density at radius 3 is 2.22 bits per heavy atom. The fraction of sp³-hybridized carbons (Fsp3) is 0.176. The standard InChI is InChI=1S/C11H13N.C6H6.H2/c12-9-11-7-3-1-5-10(11)6-2-4-8-11;1-2-4-6-5-3-1;/h1-7H,8-9,12H2;1-6H;1H. The molecule has 0 aliphatic heterocycles. The molecule has 1 nitrogen and oxygen atoms in total. The van der Waals surface area contributed by atoms with Crippen LogP contribution in [0.25, 0.3) is 0 Å². The average molecular weight is 239 g/mol. The second-order valence-corrected chi connectivity index (χ2v) is 4.49. The monoisotopic (exact) mass is 239 g/mol. The minimum absolute atomic E-state index is 0. The molecule has 0 amide bonds. The highest BCUT2D eigenvalue weighted by Crippen LogP contribution is 2.38. The molecular formula is C17H21N. The Morgan fingerprint density at radius 2 is 1.67 bits per heavy atom. The Morgan fingerprint density at radius 1 is 1.00 bits per heavy atom. The molecule has 18 heavy (non-hydrogen) atoms. The van der Waals surface area contributed by atoms with Crippen molar-refractivity contribution >= 4 is 0 Å². The Labute approximate surface area is 111 Å². The van der Waals surface area contributed by atoms with Crippen molar-refractivity contribution in [2.75, 3.05) is 6.54 Å². The van der Waals surface area contributed by atoms with Crippen LogP contribution in [0.1, 0.15) is 7.85 Å². The molecule has 0 saturated heterocycles. The molecule has 0 saturated carbocycles. The quantitative estimate of drug-likeness (QED) is 0.791. The minimum atomic E-state index is 0. The molecule has 0 radical (unpaired) electrons. The largest absolute Gasteiger partial charge is 0.329 e. The third kappa shape index (κ3) is 2.88. The van der Waals surface area contributed by atoms with E-state index in [4.69, 9.17) is 5.73 Å². The molecular weight excluding hydrogens is 218 g/mol. The van der Waals surface area contributed by atoms with E-state index in [9.17, 15) is 0 Å². The van der Waals surface area contributed by atoms with Gasteiger partial charge in [-0.25, -0.2) is 0 Å². The summed E-state index contributed by atoms with van der Waals surface area (Å²) >= 11 is 0. The van der Waals surface area contributed by atoms with E-state index in [1.165, 1.54) is 5.57 Å². The van der Waals surface area contributed by atoms with Crippen molar-refractivity contribution in [1.29, 1.82) is 0 Å². The molecule has 2 N–H and O–H groups in total. The van der Waals surface area contributed by atoms with Crippen LogP contribution in [0.3, 0.4) is 0 Å². The summed E-state index contributed by atoms with van der Waals surface area (Å²) in [5, 5.41) is 0. The van der Waals surface area contributed by atoms with Gasteiger partial charge < -0.3 is 5.73 Å². The molecule has 1 aromatic carbocycles. The SMILES string of the molecule is NCC12C=CC=CC1=CC=CC2.[HH].c1ccccc1. The van der Waals surface area contributed by atoms with Gasteiger partial charge in [-0.15, -0.1) is 0 Å². The summed E-state index contributed by atoms with van der Waals surface area (Å²) in [5.41, 5.74) is 7.23. The Hall–Kier alpha value is -1.86. The molecule has 0 aromatic heterocycles. The molecule has 0 heterocycles. The predicted molar refractivity (Wildman–Crippen MR) is 80.2 cm³/mol. The smallest absolute Gasteiger partial charge is 0.0292 e. The summed E-state index contributed by atoms with van der Waals surface area (Å²) in [6.07, 6.45) is 16.0. The second-order valence-electron chi connectivity index (χ2n) is 4.49. The topological polar surface area (TPSA) is 26.0 Å². The molecule has 0 fully saturated rings. The lowest BCUT2D eigenvalue weighted by Crippen LogP contribution is -2.31. The van der Waals surface area contributed by atoms with Crippen LogP contribution in [0.5, 0.6) is 0 Å². The van der Waals surface area contributed by atoms with Crippen LogP contribution in [-0.2, 0) is 0 Å². The third-order valence-corrected chi connectivity index (χ3v) is 3.30. The van der Waals surface area contributed by atoms with E-state index in [-0.39, 0.29) is 6.84 Å². The van der Waals surface area contributed by atoms with Gasteiger partial charge in [0.15, 0.2) is 0 Å². The molecule has 0 bridgehead atoms. The fourth-order valence-corrected chi connectivity index (χ4v) is 2.17. The van der Waals surface area contributed by atoms with Gasteiger partial charge >= 0.3 is 0 Å². The first-order valence-corrected chi connectivity index (χ1v) is 6.31. The van der Waals surface area contributed by atoms with Crippen molar-refractivity contribution in [3.63, 3.8) is 0 Å². The molecule has 1 atom stereocenters. The summed E-state index contributed by atoms with van der Waals surface area (Å²) in [6, 6.07) is 12.0. The van der Waals surface area contributed by atoms with Gasteiger partial charge in [-0.3, -0.25) is 0 Å². The number of nitrogens with two attached hydrogens (primary N) is 1. The Kier molecular flexibility index (Phi) is 4.32. The highest BCUT2D eigenvalue weighted by molar-refractivity contribution is 5.43. The van der Waals surface area contributed by atoms with E-state index >= 15 is 0 Å².